The van der Waals surface area contributed by atoms with E-state index in [1.807, 2.05) is 0 Å². The summed E-state index contributed by atoms with van der Waals surface area (Å²) in [6, 6.07) is 26.1. The average Bonchev–Trinajstić information content (AvgIpc) is 2.98. The van der Waals surface area contributed by atoms with E-state index in [1.165, 1.54) is 38.6 Å². The van der Waals surface area contributed by atoms with Gasteiger partial charge in [-0.05, 0) is 54.6 Å². The second-order valence-electron chi connectivity index (χ2n) is 7.98. The van der Waals surface area contributed by atoms with Crippen molar-refractivity contribution in [2.24, 2.45) is 5.10 Å². The lowest BCUT2D eigenvalue weighted by Gasteiger charge is -2.11. The molecule has 0 unspecified atom stereocenters. The number of amides is 1. The van der Waals surface area contributed by atoms with Gasteiger partial charge in [-0.1, -0.05) is 36.4 Å². The number of rotatable bonds is 9. The van der Waals surface area contributed by atoms with Crippen LogP contribution in [0.5, 0.6) is 23.0 Å². The van der Waals surface area contributed by atoms with E-state index in [-0.39, 0.29) is 11.5 Å². The normalized spacial score (nSPS) is 10.5. The summed E-state index contributed by atoms with van der Waals surface area (Å²) in [6.07, 6.45) is 1.31. The number of ether oxygens (including phenoxy) is 4. The number of nitrogens with one attached hydrogen (secondary N) is 1. The maximum atomic E-state index is 12.7. The van der Waals surface area contributed by atoms with Gasteiger partial charge in [-0.25, -0.2) is 15.0 Å². The van der Waals surface area contributed by atoms with Crippen LogP contribution in [0.1, 0.15) is 36.6 Å². The summed E-state index contributed by atoms with van der Waals surface area (Å²) in [4.78, 5) is 37.8. The predicted molar refractivity (Wildman–Crippen MR) is 144 cm³/mol. The molecule has 4 aromatic rings. The molecule has 0 heterocycles. The lowest BCUT2D eigenvalue weighted by atomic mass is 10.2. The largest absolute Gasteiger partial charge is 0.493 e. The maximum Gasteiger partial charge on any atom is 0.343 e. The molecular formula is C30H24N2O7. The van der Waals surface area contributed by atoms with Crippen LogP contribution in [-0.4, -0.2) is 38.3 Å². The molecule has 196 valence electrons. The Hall–Kier alpha value is -5.44. The summed E-state index contributed by atoms with van der Waals surface area (Å²) in [5.74, 6) is -0.577. The van der Waals surface area contributed by atoms with E-state index in [1.54, 1.807) is 78.9 Å². The van der Waals surface area contributed by atoms with Crippen molar-refractivity contribution in [1.82, 2.24) is 5.43 Å². The first kappa shape index (κ1) is 26.6. The van der Waals surface area contributed by atoms with Crippen LogP contribution in [0.15, 0.2) is 102 Å². The van der Waals surface area contributed by atoms with E-state index in [0.29, 0.717) is 33.8 Å². The number of esters is 2. The van der Waals surface area contributed by atoms with Crippen molar-refractivity contribution in [1.29, 1.82) is 0 Å². The van der Waals surface area contributed by atoms with Crippen molar-refractivity contribution in [2.75, 3.05) is 14.2 Å². The molecule has 4 aromatic carbocycles. The Morgan fingerprint density at radius 3 is 1.87 bits per heavy atom. The molecule has 1 amide bonds. The number of carbonyl (C=O) groups is 3. The van der Waals surface area contributed by atoms with Gasteiger partial charge in [-0.3, -0.25) is 4.79 Å². The molecule has 0 fully saturated rings. The molecule has 0 saturated carbocycles. The fourth-order valence-corrected chi connectivity index (χ4v) is 3.45. The Morgan fingerprint density at radius 1 is 0.641 bits per heavy atom. The Morgan fingerprint density at radius 2 is 1.26 bits per heavy atom. The van der Waals surface area contributed by atoms with Crippen LogP contribution in [0.4, 0.5) is 0 Å². The highest BCUT2D eigenvalue weighted by Gasteiger charge is 2.15. The molecule has 9 nitrogen and oxygen atoms in total. The summed E-state index contributed by atoms with van der Waals surface area (Å²) in [6.45, 7) is 0. The first-order valence-electron chi connectivity index (χ1n) is 11.7. The zero-order chi connectivity index (χ0) is 27.6. The van der Waals surface area contributed by atoms with E-state index in [0.717, 1.165) is 0 Å². The zero-order valence-corrected chi connectivity index (χ0v) is 21.1. The minimum absolute atomic E-state index is 0.0753. The molecule has 1 N–H and O–H groups in total. The number of methoxy groups -OCH3 is 2. The van der Waals surface area contributed by atoms with Gasteiger partial charge < -0.3 is 18.9 Å². The number of carbonyl (C=O) groups excluding carboxylic acids is 3. The van der Waals surface area contributed by atoms with Crippen LogP contribution in [0.3, 0.4) is 0 Å². The number of nitrogens with zero attached hydrogens (tertiary/aromatic N) is 1. The van der Waals surface area contributed by atoms with Gasteiger partial charge in [0.05, 0.1) is 31.6 Å². The Bertz CT molecular complexity index is 1500. The molecule has 0 aliphatic carbocycles. The monoisotopic (exact) mass is 524 g/mol. The van der Waals surface area contributed by atoms with Crippen molar-refractivity contribution in [3.8, 4) is 23.0 Å². The first-order chi connectivity index (χ1) is 19.0. The summed E-state index contributed by atoms with van der Waals surface area (Å²) in [7, 11) is 2.97. The van der Waals surface area contributed by atoms with Crippen LogP contribution in [-0.2, 0) is 0 Å². The van der Waals surface area contributed by atoms with Crippen LogP contribution in [0.25, 0.3) is 0 Å². The van der Waals surface area contributed by atoms with Crippen molar-refractivity contribution in [3.05, 3.63) is 119 Å². The molecule has 0 aliphatic rings. The highest BCUT2D eigenvalue weighted by Crippen LogP contribution is 2.28. The van der Waals surface area contributed by atoms with Crippen LogP contribution >= 0.6 is 0 Å². The van der Waals surface area contributed by atoms with E-state index in [4.69, 9.17) is 18.9 Å². The smallest absolute Gasteiger partial charge is 0.343 e. The van der Waals surface area contributed by atoms with E-state index in [2.05, 4.69) is 10.5 Å². The fourth-order valence-electron chi connectivity index (χ4n) is 3.45. The van der Waals surface area contributed by atoms with Gasteiger partial charge in [-0.15, -0.1) is 0 Å². The molecule has 0 aromatic heterocycles. The molecule has 4 rings (SSSR count). The van der Waals surface area contributed by atoms with E-state index < -0.39 is 17.8 Å². The van der Waals surface area contributed by atoms with Gasteiger partial charge in [0.25, 0.3) is 5.91 Å². The minimum Gasteiger partial charge on any atom is -0.493 e. The highest BCUT2D eigenvalue weighted by molar-refractivity contribution is 5.97. The summed E-state index contributed by atoms with van der Waals surface area (Å²) < 4.78 is 21.5. The lowest BCUT2D eigenvalue weighted by Crippen LogP contribution is -2.18. The Kier molecular flexibility index (Phi) is 8.66. The number of benzene rings is 4. The van der Waals surface area contributed by atoms with Crippen molar-refractivity contribution in [2.45, 2.75) is 0 Å². The Balaban J connectivity index is 1.55. The van der Waals surface area contributed by atoms with Crippen molar-refractivity contribution in [3.63, 3.8) is 0 Å². The topological polar surface area (TPSA) is 113 Å². The second kappa shape index (κ2) is 12.7. The van der Waals surface area contributed by atoms with E-state index in [9.17, 15) is 14.4 Å². The van der Waals surface area contributed by atoms with Crippen molar-refractivity contribution >= 4 is 24.1 Å². The molecule has 0 saturated heterocycles. The number of hydrogen-bond acceptors (Lipinski definition) is 8. The van der Waals surface area contributed by atoms with Crippen LogP contribution in [0.2, 0.25) is 0 Å². The first-order valence-corrected chi connectivity index (χ1v) is 11.7. The third kappa shape index (κ3) is 6.86. The summed E-state index contributed by atoms with van der Waals surface area (Å²) >= 11 is 0. The number of hydrazone groups is 1. The molecule has 39 heavy (non-hydrogen) atoms. The second-order valence-corrected chi connectivity index (χ2v) is 7.98. The minimum atomic E-state index is -0.619. The molecule has 0 aliphatic heterocycles. The van der Waals surface area contributed by atoms with E-state index >= 15 is 0 Å². The van der Waals surface area contributed by atoms with Crippen LogP contribution in [0, 0.1) is 0 Å². The quantitative estimate of drug-likeness (QED) is 0.143. The maximum absolute atomic E-state index is 12.7. The standard InChI is InChI=1S/C30H24N2O7/c1-36-25-16-14-22(17-27(25)37-2)28(33)32-31-19-23-13-15-24(38-29(34)20-9-5-3-6-10-20)18-26(23)39-30(35)21-11-7-4-8-12-21/h3-19H,1-2H3,(H,32,33). The van der Waals surface area contributed by atoms with Gasteiger partial charge in [0.1, 0.15) is 11.5 Å². The molecular weight excluding hydrogens is 500 g/mol. The third-order valence-electron chi connectivity index (χ3n) is 5.43. The highest BCUT2D eigenvalue weighted by atomic mass is 16.5. The van der Waals surface area contributed by atoms with Gasteiger partial charge >= 0.3 is 11.9 Å². The molecule has 0 atom stereocenters. The third-order valence-corrected chi connectivity index (χ3v) is 5.43. The van der Waals surface area contributed by atoms with Gasteiger partial charge in [0, 0.05) is 17.2 Å². The summed E-state index contributed by atoms with van der Waals surface area (Å²) in [5.41, 5.74) is 3.77. The average molecular weight is 525 g/mol. The predicted octanol–water partition coefficient (Wildman–Crippen LogP) is 4.91. The van der Waals surface area contributed by atoms with Crippen LogP contribution < -0.4 is 24.4 Å². The molecule has 9 heteroatoms. The van der Waals surface area contributed by atoms with Crippen molar-refractivity contribution < 1.29 is 33.3 Å². The molecule has 0 spiro atoms. The Labute approximate surface area is 224 Å². The summed E-state index contributed by atoms with van der Waals surface area (Å²) in [5, 5.41) is 4.00. The van der Waals surface area contributed by atoms with Gasteiger partial charge in [-0.2, -0.15) is 5.10 Å². The molecule has 0 radical (unpaired) electrons. The fraction of sp³-hybridized carbons (Fsp3) is 0.0667. The zero-order valence-electron chi connectivity index (χ0n) is 21.1. The number of hydrogen-bond donors (Lipinski definition) is 1. The van der Waals surface area contributed by atoms with Gasteiger partial charge in [0.2, 0.25) is 0 Å². The van der Waals surface area contributed by atoms with Gasteiger partial charge in [0.15, 0.2) is 11.5 Å². The SMILES string of the molecule is COc1ccc(C(=O)NN=Cc2ccc(OC(=O)c3ccccc3)cc2OC(=O)c2ccccc2)cc1OC. The molecule has 0 bridgehead atoms. The lowest BCUT2D eigenvalue weighted by molar-refractivity contribution is 0.0732.